The molecule has 36 heavy (non-hydrogen) atoms. The molecule has 1 saturated heterocycles. The summed E-state index contributed by atoms with van der Waals surface area (Å²) in [5.74, 6) is 2.47. The largest absolute Gasteiger partial charge is 0.456 e. The second-order valence-corrected chi connectivity index (χ2v) is 8.62. The van der Waals surface area contributed by atoms with Gasteiger partial charge in [-0.2, -0.15) is 0 Å². The molecule has 1 atom stereocenters. The van der Waals surface area contributed by atoms with Gasteiger partial charge in [-0.25, -0.2) is 0 Å². The van der Waals surface area contributed by atoms with Crippen molar-refractivity contribution >= 4 is 22.9 Å². The van der Waals surface area contributed by atoms with Crippen LogP contribution in [-0.4, -0.2) is 23.8 Å². The number of hydrogen-bond donors (Lipinski definition) is 3. The van der Waals surface area contributed by atoms with Gasteiger partial charge in [-0.05, 0) is 48.0 Å². The van der Waals surface area contributed by atoms with Gasteiger partial charge in [0, 0.05) is 34.8 Å². The lowest BCUT2D eigenvalue weighted by atomic mass is 9.95. The number of benzene rings is 3. The Bertz CT molecular complexity index is 1550. The number of anilines is 2. The van der Waals surface area contributed by atoms with Crippen LogP contribution in [0.3, 0.4) is 0 Å². The smallest absolute Gasteiger partial charge is 0.258 e. The Hall–Kier alpha value is -4.98. The maximum absolute atomic E-state index is 13.4. The lowest BCUT2D eigenvalue weighted by Gasteiger charge is -2.18. The molecular weight excluding hydrogens is 456 g/mol. The number of carbonyl (C=O) groups excluding carboxylic acids is 1. The van der Waals surface area contributed by atoms with Crippen molar-refractivity contribution in [3.05, 3.63) is 96.5 Å². The fraction of sp³-hybridized carbons (Fsp3) is 0.0714. The topological polar surface area (TPSA) is 104 Å². The zero-order valence-electron chi connectivity index (χ0n) is 18.9. The molecule has 1 aromatic heterocycles. The predicted molar refractivity (Wildman–Crippen MR) is 135 cm³/mol. The van der Waals surface area contributed by atoms with Gasteiger partial charge in [-0.15, -0.1) is 0 Å². The van der Waals surface area contributed by atoms with Crippen molar-refractivity contribution < 1.29 is 19.0 Å². The van der Waals surface area contributed by atoms with Crippen molar-refractivity contribution in [1.82, 2.24) is 10.3 Å². The van der Waals surface area contributed by atoms with Crippen LogP contribution in [0, 0.1) is 0 Å². The van der Waals surface area contributed by atoms with Gasteiger partial charge >= 0.3 is 0 Å². The third-order valence-corrected chi connectivity index (χ3v) is 6.25. The summed E-state index contributed by atoms with van der Waals surface area (Å²) in [6, 6.07) is 22.9. The number of ether oxygens (including phenoxy) is 3. The molecule has 176 valence electrons. The first-order chi connectivity index (χ1) is 17.7. The fourth-order valence-electron chi connectivity index (χ4n) is 4.47. The normalized spacial score (nSPS) is 16.3. The van der Waals surface area contributed by atoms with E-state index in [0.717, 1.165) is 33.8 Å². The molecule has 0 aliphatic carbocycles. The van der Waals surface area contributed by atoms with Crippen LogP contribution in [0.2, 0.25) is 0 Å². The number of aromatic nitrogens is 1. The van der Waals surface area contributed by atoms with Gasteiger partial charge in [0.25, 0.3) is 5.91 Å². The van der Waals surface area contributed by atoms with Crippen LogP contribution in [0.15, 0.2) is 90.9 Å². The predicted octanol–water partition coefficient (Wildman–Crippen LogP) is 4.97. The van der Waals surface area contributed by atoms with Gasteiger partial charge in [0.15, 0.2) is 11.5 Å². The van der Waals surface area contributed by atoms with Crippen LogP contribution in [0.25, 0.3) is 16.7 Å². The third-order valence-electron chi connectivity index (χ3n) is 6.25. The average Bonchev–Trinajstić information content (AvgIpc) is 3.52. The number of pyridine rings is 1. The lowest BCUT2D eigenvalue weighted by Crippen LogP contribution is -2.19. The number of nitrogens with one attached hydrogen (secondary N) is 3. The highest BCUT2D eigenvalue weighted by Crippen LogP contribution is 2.41. The molecule has 1 unspecified atom stereocenters. The minimum Gasteiger partial charge on any atom is -0.456 e. The van der Waals surface area contributed by atoms with Gasteiger partial charge in [0.05, 0.1) is 17.5 Å². The minimum atomic E-state index is -0.196. The van der Waals surface area contributed by atoms with Crippen LogP contribution in [0.1, 0.15) is 5.56 Å². The maximum atomic E-state index is 13.4. The maximum Gasteiger partial charge on any atom is 0.258 e. The Balaban J connectivity index is 1.19. The summed E-state index contributed by atoms with van der Waals surface area (Å²) >= 11 is 0. The summed E-state index contributed by atoms with van der Waals surface area (Å²) in [5.41, 5.74) is 5.64. The Morgan fingerprint density at radius 1 is 0.889 bits per heavy atom. The SMILES string of the molecule is O=C(Nc1ccc2c(c1)OCO2)C1=C2NC2Nc2ccc(-c3cncc(Oc4ccccc4)c3)cc21. The second kappa shape index (κ2) is 8.06. The standard InChI is InChI=1S/C28H20N4O4/c33-28(30-18-7-9-23-24(12-18)35-15-34-23)25-21-11-16(6-8-22(21)31-27-26(25)32-27)17-10-20(14-29-13-17)36-19-4-2-1-3-5-19/h1-14,27,31-32H,15H2,(H,30,33). The summed E-state index contributed by atoms with van der Waals surface area (Å²) < 4.78 is 16.8. The van der Waals surface area contributed by atoms with Gasteiger partial charge in [0.2, 0.25) is 6.79 Å². The van der Waals surface area contributed by atoms with E-state index in [2.05, 4.69) is 20.9 Å². The van der Waals surface area contributed by atoms with Crippen molar-refractivity contribution in [1.29, 1.82) is 0 Å². The molecule has 3 aliphatic heterocycles. The monoisotopic (exact) mass is 476 g/mol. The summed E-state index contributed by atoms with van der Waals surface area (Å²) in [4.78, 5) is 17.8. The van der Waals surface area contributed by atoms with E-state index in [1.807, 2.05) is 54.6 Å². The third kappa shape index (κ3) is 3.65. The van der Waals surface area contributed by atoms with Crippen molar-refractivity contribution in [3.63, 3.8) is 0 Å². The molecule has 1 fully saturated rings. The zero-order chi connectivity index (χ0) is 24.1. The Morgan fingerprint density at radius 3 is 2.69 bits per heavy atom. The first-order valence-electron chi connectivity index (χ1n) is 11.5. The molecule has 3 aromatic carbocycles. The van der Waals surface area contributed by atoms with E-state index in [9.17, 15) is 4.79 Å². The van der Waals surface area contributed by atoms with Gasteiger partial charge in [0.1, 0.15) is 17.7 Å². The van der Waals surface area contributed by atoms with E-state index < -0.39 is 0 Å². The minimum absolute atomic E-state index is 0.0369. The lowest BCUT2D eigenvalue weighted by molar-refractivity contribution is -0.111. The van der Waals surface area contributed by atoms with Crippen molar-refractivity contribution in [2.45, 2.75) is 6.17 Å². The van der Waals surface area contributed by atoms with Crippen LogP contribution in [0.4, 0.5) is 11.4 Å². The molecule has 0 radical (unpaired) electrons. The number of rotatable bonds is 5. The number of para-hydroxylation sites is 1. The Morgan fingerprint density at radius 2 is 1.78 bits per heavy atom. The molecule has 3 N–H and O–H groups in total. The summed E-state index contributed by atoms with van der Waals surface area (Å²) in [7, 11) is 0. The van der Waals surface area contributed by atoms with Crippen molar-refractivity contribution in [2.75, 3.05) is 17.4 Å². The van der Waals surface area contributed by atoms with E-state index in [4.69, 9.17) is 14.2 Å². The highest BCUT2D eigenvalue weighted by atomic mass is 16.7. The molecule has 8 heteroatoms. The molecule has 1 amide bonds. The van der Waals surface area contributed by atoms with E-state index in [0.29, 0.717) is 28.5 Å². The van der Waals surface area contributed by atoms with E-state index >= 15 is 0 Å². The Labute approximate surface area is 206 Å². The first kappa shape index (κ1) is 20.4. The molecule has 8 nitrogen and oxygen atoms in total. The van der Waals surface area contributed by atoms with Crippen LogP contribution in [0.5, 0.6) is 23.0 Å². The first-order valence-corrected chi connectivity index (χ1v) is 11.5. The number of fused-ring (bicyclic) bond motifs is 3. The quantitative estimate of drug-likeness (QED) is 0.349. The number of amides is 1. The molecule has 3 aliphatic rings. The average molecular weight is 476 g/mol. The van der Waals surface area contributed by atoms with Crippen LogP contribution >= 0.6 is 0 Å². The number of nitrogens with zero attached hydrogens (tertiary/aromatic N) is 1. The van der Waals surface area contributed by atoms with E-state index in [1.54, 1.807) is 30.6 Å². The number of hydrogen-bond acceptors (Lipinski definition) is 7. The van der Waals surface area contributed by atoms with Gasteiger partial charge in [-0.1, -0.05) is 24.3 Å². The molecule has 0 bridgehead atoms. The summed E-state index contributed by atoms with van der Waals surface area (Å²) in [5, 5.41) is 9.68. The van der Waals surface area contributed by atoms with Gasteiger partial charge in [-0.3, -0.25) is 9.78 Å². The van der Waals surface area contributed by atoms with Crippen LogP contribution < -0.4 is 30.2 Å². The highest BCUT2D eigenvalue weighted by molar-refractivity contribution is 6.28. The molecule has 4 aromatic rings. The highest BCUT2D eigenvalue weighted by Gasteiger charge is 2.40. The molecule has 0 spiro atoms. The van der Waals surface area contributed by atoms with Gasteiger partial charge < -0.3 is 30.2 Å². The Kier molecular flexibility index (Phi) is 4.56. The van der Waals surface area contributed by atoms with E-state index in [1.165, 1.54) is 0 Å². The fourth-order valence-corrected chi connectivity index (χ4v) is 4.47. The number of carbonyl (C=O) groups is 1. The zero-order valence-corrected chi connectivity index (χ0v) is 18.9. The second-order valence-electron chi connectivity index (χ2n) is 8.62. The summed E-state index contributed by atoms with van der Waals surface area (Å²) in [6.45, 7) is 0.182. The van der Waals surface area contributed by atoms with Crippen LogP contribution in [-0.2, 0) is 4.79 Å². The summed E-state index contributed by atoms with van der Waals surface area (Å²) in [6.07, 6.45) is 3.43. The molecule has 4 heterocycles. The molecule has 7 rings (SSSR count). The molecule has 0 saturated carbocycles. The van der Waals surface area contributed by atoms with Crippen molar-refractivity contribution in [3.8, 4) is 34.1 Å². The van der Waals surface area contributed by atoms with E-state index in [-0.39, 0.29) is 18.9 Å². The van der Waals surface area contributed by atoms with Crippen molar-refractivity contribution in [2.24, 2.45) is 0 Å². The molecular formula is C28H20N4O4.